The molecule has 4 heteroatoms. The number of hydrogen-bond donors (Lipinski definition) is 2. The first-order valence-electron chi connectivity index (χ1n) is 5.63. The van der Waals surface area contributed by atoms with E-state index < -0.39 is 5.41 Å². The van der Waals surface area contributed by atoms with Crippen LogP contribution in [0.1, 0.15) is 18.9 Å². The minimum absolute atomic E-state index is 0.287. The number of amides is 2. The third-order valence-electron chi connectivity index (χ3n) is 3.03. The van der Waals surface area contributed by atoms with Crippen molar-refractivity contribution in [2.45, 2.75) is 18.8 Å². The van der Waals surface area contributed by atoms with Crippen LogP contribution < -0.4 is 10.6 Å². The number of nitrogens with one attached hydrogen (secondary N) is 2. The Labute approximate surface area is 101 Å². The summed E-state index contributed by atoms with van der Waals surface area (Å²) in [6.07, 6.45) is 0.413. The van der Waals surface area contributed by atoms with Crippen LogP contribution in [-0.2, 0) is 15.0 Å². The van der Waals surface area contributed by atoms with E-state index >= 15 is 0 Å². The average molecular weight is 234 g/mol. The average Bonchev–Trinajstić information content (AvgIpc) is 2.40. The molecule has 92 valence electrons. The molecular formula is C13H18N2O2. The fourth-order valence-electron chi connectivity index (χ4n) is 2.04. The van der Waals surface area contributed by atoms with E-state index in [-0.39, 0.29) is 11.8 Å². The zero-order valence-electron chi connectivity index (χ0n) is 10.4. The first kappa shape index (κ1) is 13.2. The second-order valence-electron chi connectivity index (χ2n) is 3.78. The van der Waals surface area contributed by atoms with Gasteiger partial charge in [0.1, 0.15) is 0 Å². The van der Waals surface area contributed by atoms with Crippen LogP contribution >= 0.6 is 0 Å². The molecule has 4 nitrogen and oxygen atoms in total. The highest BCUT2D eigenvalue weighted by molar-refractivity contribution is 6.10. The molecule has 1 rings (SSSR count). The van der Waals surface area contributed by atoms with Gasteiger partial charge < -0.3 is 10.6 Å². The third kappa shape index (κ3) is 2.16. The van der Waals surface area contributed by atoms with E-state index in [1.54, 1.807) is 26.2 Å². The molecule has 1 aromatic carbocycles. The lowest BCUT2D eigenvalue weighted by atomic mass is 9.76. The fourth-order valence-corrected chi connectivity index (χ4v) is 2.04. The molecule has 0 spiro atoms. The van der Waals surface area contributed by atoms with E-state index in [0.717, 1.165) is 0 Å². The van der Waals surface area contributed by atoms with Gasteiger partial charge in [-0.2, -0.15) is 0 Å². The first-order chi connectivity index (χ1) is 8.13. The van der Waals surface area contributed by atoms with Crippen LogP contribution in [0.15, 0.2) is 30.3 Å². The lowest BCUT2D eigenvalue weighted by Gasteiger charge is -2.29. The van der Waals surface area contributed by atoms with Crippen molar-refractivity contribution in [3.63, 3.8) is 0 Å². The van der Waals surface area contributed by atoms with Crippen LogP contribution in [0.4, 0.5) is 0 Å². The Kier molecular flexibility index (Phi) is 4.26. The van der Waals surface area contributed by atoms with Gasteiger partial charge >= 0.3 is 0 Å². The molecule has 0 heterocycles. The van der Waals surface area contributed by atoms with Crippen molar-refractivity contribution in [3.05, 3.63) is 35.9 Å². The molecular weight excluding hydrogens is 216 g/mol. The van der Waals surface area contributed by atoms with Crippen molar-refractivity contribution in [1.82, 2.24) is 10.6 Å². The molecule has 1 aromatic rings. The highest BCUT2D eigenvalue weighted by Gasteiger charge is 2.44. The summed E-state index contributed by atoms with van der Waals surface area (Å²) in [6, 6.07) is 9.11. The van der Waals surface area contributed by atoms with Crippen LogP contribution in [0.3, 0.4) is 0 Å². The number of rotatable bonds is 4. The maximum absolute atomic E-state index is 12.1. The maximum Gasteiger partial charge on any atom is 0.239 e. The molecule has 0 aliphatic rings. The molecule has 0 radical (unpaired) electrons. The molecule has 2 N–H and O–H groups in total. The van der Waals surface area contributed by atoms with Crippen LogP contribution in [0, 0.1) is 0 Å². The Bertz CT molecular complexity index is 385. The van der Waals surface area contributed by atoms with E-state index in [4.69, 9.17) is 0 Å². The van der Waals surface area contributed by atoms with Gasteiger partial charge in [0.15, 0.2) is 5.41 Å². The normalized spacial score (nSPS) is 10.8. The second kappa shape index (κ2) is 5.48. The largest absolute Gasteiger partial charge is 0.358 e. The van der Waals surface area contributed by atoms with Crippen LogP contribution in [0.25, 0.3) is 0 Å². The number of hydrogen-bond acceptors (Lipinski definition) is 2. The molecule has 0 fully saturated rings. The Hall–Kier alpha value is -1.84. The van der Waals surface area contributed by atoms with Crippen molar-refractivity contribution < 1.29 is 9.59 Å². The summed E-state index contributed by atoms with van der Waals surface area (Å²) in [6.45, 7) is 1.83. The molecule has 0 bridgehead atoms. The summed E-state index contributed by atoms with van der Waals surface area (Å²) < 4.78 is 0. The summed E-state index contributed by atoms with van der Waals surface area (Å²) >= 11 is 0. The topological polar surface area (TPSA) is 58.2 Å². The van der Waals surface area contributed by atoms with E-state index in [1.165, 1.54) is 0 Å². The SMILES string of the molecule is CCC(C(=O)NC)(C(=O)NC)c1ccccc1. The molecule has 0 aliphatic heterocycles. The summed E-state index contributed by atoms with van der Waals surface area (Å²) in [5, 5.41) is 5.14. The Morgan fingerprint density at radius 2 is 1.53 bits per heavy atom. The van der Waals surface area contributed by atoms with Gasteiger partial charge in [-0.25, -0.2) is 0 Å². The highest BCUT2D eigenvalue weighted by atomic mass is 16.2. The van der Waals surface area contributed by atoms with E-state index in [9.17, 15) is 9.59 Å². The van der Waals surface area contributed by atoms with E-state index in [1.807, 2.05) is 25.1 Å². The van der Waals surface area contributed by atoms with Crippen LogP contribution in [0.2, 0.25) is 0 Å². The Morgan fingerprint density at radius 1 is 1.06 bits per heavy atom. The van der Waals surface area contributed by atoms with E-state index in [0.29, 0.717) is 12.0 Å². The van der Waals surface area contributed by atoms with Crippen molar-refractivity contribution in [1.29, 1.82) is 0 Å². The van der Waals surface area contributed by atoms with E-state index in [2.05, 4.69) is 10.6 Å². The zero-order chi connectivity index (χ0) is 12.9. The Morgan fingerprint density at radius 3 is 1.88 bits per heavy atom. The summed E-state index contributed by atoms with van der Waals surface area (Å²) in [5.41, 5.74) is -0.439. The van der Waals surface area contributed by atoms with Gasteiger partial charge in [0.05, 0.1) is 0 Å². The van der Waals surface area contributed by atoms with Gasteiger partial charge in [0, 0.05) is 14.1 Å². The van der Waals surface area contributed by atoms with Crippen LogP contribution in [0.5, 0.6) is 0 Å². The van der Waals surface area contributed by atoms with Crippen molar-refractivity contribution in [2.24, 2.45) is 0 Å². The zero-order valence-corrected chi connectivity index (χ0v) is 10.4. The van der Waals surface area contributed by atoms with Gasteiger partial charge in [-0.3, -0.25) is 9.59 Å². The predicted octanol–water partition coefficient (Wildman–Crippen LogP) is 0.826. The molecule has 0 saturated carbocycles. The molecule has 2 amide bonds. The summed E-state index contributed by atoms with van der Waals surface area (Å²) in [7, 11) is 3.08. The first-order valence-corrected chi connectivity index (χ1v) is 5.63. The van der Waals surface area contributed by atoms with Crippen LogP contribution in [-0.4, -0.2) is 25.9 Å². The van der Waals surface area contributed by atoms with Crippen molar-refractivity contribution in [2.75, 3.05) is 14.1 Å². The predicted molar refractivity (Wildman–Crippen MR) is 66.5 cm³/mol. The number of carbonyl (C=O) groups excluding carboxylic acids is 2. The summed E-state index contributed by atoms with van der Waals surface area (Å²) in [4.78, 5) is 24.2. The fraction of sp³-hybridized carbons (Fsp3) is 0.385. The molecule has 0 aromatic heterocycles. The van der Waals surface area contributed by atoms with Gasteiger partial charge in [-0.15, -0.1) is 0 Å². The standard InChI is InChI=1S/C13H18N2O2/c1-4-13(11(16)14-2,12(17)15-3)10-8-6-5-7-9-10/h5-9H,4H2,1-3H3,(H,14,16)(H,15,17). The van der Waals surface area contributed by atoms with Gasteiger partial charge in [-0.05, 0) is 12.0 Å². The quantitative estimate of drug-likeness (QED) is 0.758. The Balaban J connectivity index is 3.36. The lowest BCUT2D eigenvalue weighted by molar-refractivity contribution is -0.137. The number of carbonyl (C=O) groups is 2. The molecule has 0 aliphatic carbocycles. The number of likely N-dealkylation sites (N-methyl/N-ethyl adjacent to an activating group) is 2. The highest BCUT2D eigenvalue weighted by Crippen LogP contribution is 2.28. The smallest absolute Gasteiger partial charge is 0.239 e. The monoisotopic (exact) mass is 234 g/mol. The second-order valence-corrected chi connectivity index (χ2v) is 3.78. The van der Waals surface area contributed by atoms with Crippen molar-refractivity contribution >= 4 is 11.8 Å². The minimum atomic E-state index is -1.15. The maximum atomic E-state index is 12.1. The van der Waals surface area contributed by atoms with Gasteiger partial charge in [-0.1, -0.05) is 37.3 Å². The lowest BCUT2D eigenvalue weighted by Crippen LogP contribution is -2.53. The van der Waals surface area contributed by atoms with Gasteiger partial charge in [0.2, 0.25) is 11.8 Å². The number of benzene rings is 1. The van der Waals surface area contributed by atoms with Gasteiger partial charge in [0.25, 0.3) is 0 Å². The molecule has 0 saturated heterocycles. The van der Waals surface area contributed by atoms with Crippen molar-refractivity contribution in [3.8, 4) is 0 Å². The third-order valence-corrected chi connectivity index (χ3v) is 3.03. The molecule has 0 atom stereocenters. The molecule has 0 unspecified atom stereocenters. The molecule has 17 heavy (non-hydrogen) atoms. The summed E-state index contributed by atoms with van der Waals surface area (Å²) in [5.74, 6) is -0.573. The minimum Gasteiger partial charge on any atom is -0.358 e.